The Hall–Kier alpha value is -0.780. The zero-order valence-electron chi connectivity index (χ0n) is 8.01. The fourth-order valence-corrected chi connectivity index (χ4v) is 2.82. The van der Waals surface area contributed by atoms with Gasteiger partial charge in [-0.15, -0.1) is 11.3 Å². The monoisotopic (exact) mass is 284 g/mol. The number of aliphatic hydroxyl groups excluding tert-OH is 1. The van der Waals surface area contributed by atoms with Crippen LogP contribution in [0.25, 0.3) is 0 Å². The van der Waals surface area contributed by atoms with Gasteiger partial charge in [0.1, 0.15) is 12.4 Å². The smallest absolute Gasteiger partial charge is 0.116 e. The molecule has 0 aromatic carbocycles. The minimum atomic E-state index is -0.638. The Labute approximate surface area is 100.0 Å². The second kappa shape index (κ2) is 4.38. The van der Waals surface area contributed by atoms with Gasteiger partial charge in [0.25, 0.3) is 0 Å². The Morgan fingerprint density at radius 2 is 2.07 bits per heavy atom. The van der Waals surface area contributed by atoms with Crippen molar-refractivity contribution < 1.29 is 5.11 Å². The lowest BCUT2D eigenvalue weighted by molar-refractivity contribution is 0.223. The van der Waals surface area contributed by atoms with Gasteiger partial charge in [0.15, 0.2) is 0 Å². The molecule has 2 rings (SSSR count). The fourth-order valence-electron chi connectivity index (χ4n) is 1.23. The molecule has 0 radical (unpaired) electrons. The maximum absolute atomic E-state index is 10.0. The van der Waals surface area contributed by atoms with Crippen LogP contribution < -0.4 is 0 Å². The van der Waals surface area contributed by atoms with Crippen LogP contribution in [0.3, 0.4) is 0 Å². The molecule has 0 spiro atoms. The predicted molar refractivity (Wildman–Crippen MR) is 62.8 cm³/mol. The highest BCUT2D eigenvalue weighted by atomic mass is 79.9. The number of halogens is 1. The van der Waals surface area contributed by atoms with E-state index in [0.29, 0.717) is 5.56 Å². The van der Waals surface area contributed by atoms with E-state index in [4.69, 9.17) is 0 Å². The molecule has 1 atom stereocenters. The third-order valence-corrected chi connectivity index (χ3v) is 4.23. The van der Waals surface area contributed by atoms with Gasteiger partial charge in [-0.25, -0.2) is 9.97 Å². The van der Waals surface area contributed by atoms with E-state index in [2.05, 4.69) is 25.9 Å². The Bertz CT molecular complexity index is 438. The number of aromatic nitrogens is 2. The molecule has 0 bridgehead atoms. The molecule has 0 saturated carbocycles. The highest BCUT2D eigenvalue weighted by Crippen LogP contribution is 2.33. The van der Waals surface area contributed by atoms with E-state index in [1.54, 1.807) is 12.4 Å². The number of hydrogen-bond acceptors (Lipinski definition) is 4. The van der Waals surface area contributed by atoms with Crippen LogP contribution in [-0.4, -0.2) is 15.1 Å². The molecule has 0 amide bonds. The van der Waals surface area contributed by atoms with Crippen LogP contribution >= 0.6 is 27.3 Å². The molecule has 0 fully saturated rings. The lowest BCUT2D eigenvalue weighted by atomic mass is 10.1. The summed E-state index contributed by atoms with van der Waals surface area (Å²) < 4.78 is 1.05. The molecule has 0 aliphatic rings. The highest BCUT2D eigenvalue weighted by Gasteiger charge is 2.14. The van der Waals surface area contributed by atoms with Gasteiger partial charge >= 0.3 is 0 Å². The third-order valence-electron chi connectivity index (χ3n) is 2.04. The van der Waals surface area contributed by atoms with Crippen LogP contribution in [0.5, 0.6) is 0 Å². The minimum absolute atomic E-state index is 0.638. The van der Waals surface area contributed by atoms with Crippen LogP contribution in [0.1, 0.15) is 22.1 Å². The normalized spacial score (nSPS) is 12.7. The van der Waals surface area contributed by atoms with Gasteiger partial charge in [-0.2, -0.15) is 0 Å². The van der Waals surface area contributed by atoms with E-state index in [0.717, 1.165) is 14.2 Å². The van der Waals surface area contributed by atoms with Crippen molar-refractivity contribution in [1.29, 1.82) is 0 Å². The number of nitrogens with zero attached hydrogens (tertiary/aromatic N) is 2. The number of hydrogen-bond donors (Lipinski definition) is 1. The second-order valence-corrected chi connectivity index (χ2v) is 5.58. The van der Waals surface area contributed by atoms with Gasteiger partial charge in [0.05, 0.1) is 3.79 Å². The van der Waals surface area contributed by atoms with Crippen LogP contribution in [0.15, 0.2) is 28.6 Å². The van der Waals surface area contributed by atoms with Gasteiger partial charge in [-0.1, -0.05) is 0 Å². The molecule has 5 heteroatoms. The number of aliphatic hydroxyl groups is 1. The first-order valence-electron chi connectivity index (χ1n) is 4.37. The standard InChI is InChI=1S/C10H9BrN2OS/c1-6-2-8(15-10(6)11)9(14)7-3-12-5-13-4-7/h2-5,9,14H,1H3. The summed E-state index contributed by atoms with van der Waals surface area (Å²) in [6.45, 7) is 2.00. The average molecular weight is 285 g/mol. The van der Waals surface area contributed by atoms with Gasteiger partial charge in [-0.3, -0.25) is 0 Å². The molecular formula is C10H9BrN2OS. The quantitative estimate of drug-likeness (QED) is 0.922. The van der Waals surface area contributed by atoms with Crippen molar-refractivity contribution in [3.05, 3.63) is 44.6 Å². The summed E-state index contributed by atoms with van der Waals surface area (Å²) in [7, 11) is 0. The molecule has 1 unspecified atom stereocenters. The van der Waals surface area contributed by atoms with E-state index in [-0.39, 0.29) is 0 Å². The second-order valence-electron chi connectivity index (χ2n) is 3.18. The Balaban J connectivity index is 2.32. The van der Waals surface area contributed by atoms with Crippen molar-refractivity contribution in [1.82, 2.24) is 9.97 Å². The van der Waals surface area contributed by atoms with Crippen molar-refractivity contribution in [2.45, 2.75) is 13.0 Å². The first kappa shape index (κ1) is 10.7. The summed E-state index contributed by atoms with van der Waals surface area (Å²) in [5, 5.41) is 10.0. The molecule has 78 valence electrons. The van der Waals surface area contributed by atoms with Crippen molar-refractivity contribution >= 4 is 27.3 Å². The predicted octanol–water partition coefficient (Wildman–Crippen LogP) is 2.69. The minimum Gasteiger partial charge on any atom is -0.383 e. The summed E-state index contributed by atoms with van der Waals surface area (Å²) in [4.78, 5) is 8.66. The van der Waals surface area contributed by atoms with E-state index in [1.807, 2.05) is 13.0 Å². The van der Waals surface area contributed by atoms with Crippen molar-refractivity contribution in [2.24, 2.45) is 0 Å². The van der Waals surface area contributed by atoms with Crippen LogP contribution in [0.2, 0.25) is 0 Å². The Morgan fingerprint density at radius 3 is 2.60 bits per heavy atom. The van der Waals surface area contributed by atoms with Crippen molar-refractivity contribution in [2.75, 3.05) is 0 Å². The van der Waals surface area contributed by atoms with E-state index in [9.17, 15) is 5.11 Å². The average Bonchev–Trinajstić information content (AvgIpc) is 2.59. The topological polar surface area (TPSA) is 46.0 Å². The molecule has 0 aliphatic carbocycles. The maximum Gasteiger partial charge on any atom is 0.116 e. The van der Waals surface area contributed by atoms with Gasteiger partial charge in [0.2, 0.25) is 0 Å². The molecule has 2 aromatic rings. The summed E-state index contributed by atoms with van der Waals surface area (Å²) in [5.74, 6) is 0. The molecule has 15 heavy (non-hydrogen) atoms. The first-order valence-corrected chi connectivity index (χ1v) is 5.98. The number of thiophene rings is 1. The molecule has 0 aliphatic heterocycles. The zero-order valence-corrected chi connectivity index (χ0v) is 10.4. The van der Waals surface area contributed by atoms with Crippen LogP contribution in [-0.2, 0) is 0 Å². The van der Waals surface area contributed by atoms with E-state index < -0.39 is 6.10 Å². The Morgan fingerprint density at radius 1 is 1.40 bits per heavy atom. The largest absolute Gasteiger partial charge is 0.383 e. The zero-order chi connectivity index (χ0) is 10.8. The molecule has 0 saturated heterocycles. The third kappa shape index (κ3) is 2.25. The molecule has 3 nitrogen and oxygen atoms in total. The lowest BCUT2D eigenvalue weighted by Gasteiger charge is -2.06. The number of rotatable bonds is 2. The molecular weight excluding hydrogens is 276 g/mol. The Kier molecular flexibility index (Phi) is 3.14. The SMILES string of the molecule is Cc1cc(C(O)c2cncnc2)sc1Br. The fraction of sp³-hybridized carbons (Fsp3) is 0.200. The summed E-state index contributed by atoms with van der Waals surface area (Å²) in [5.41, 5.74) is 1.84. The van der Waals surface area contributed by atoms with E-state index in [1.165, 1.54) is 17.7 Å². The molecule has 2 heterocycles. The van der Waals surface area contributed by atoms with Crippen molar-refractivity contribution in [3.8, 4) is 0 Å². The van der Waals surface area contributed by atoms with Gasteiger partial charge < -0.3 is 5.11 Å². The van der Waals surface area contributed by atoms with Gasteiger partial charge in [0, 0.05) is 22.8 Å². The van der Waals surface area contributed by atoms with Crippen LogP contribution in [0, 0.1) is 6.92 Å². The molecule has 1 N–H and O–H groups in total. The number of aryl methyl sites for hydroxylation is 1. The summed E-state index contributed by atoms with van der Waals surface area (Å²) >= 11 is 4.96. The van der Waals surface area contributed by atoms with Crippen LogP contribution in [0.4, 0.5) is 0 Å². The van der Waals surface area contributed by atoms with E-state index >= 15 is 0 Å². The summed E-state index contributed by atoms with van der Waals surface area (Å²) in [6, 6.07) is 1.96. The maximum atomic E-state index is 10.0. The lowest BCUT2D eigenvalue weighted by Crippen LogP contribution is -1.98. The van der Waals surface area contributed by atoms with Gasteiger partial charge in [-0.05, 0) is 34.5 Å². The first-order chi connectivity index (χ1) is 7.18. The molecule has 2 aromatic heterocycles. The summed E-state index contributed by atoms with van der Waals surface area (Å²) in [6.07, 6.45) is 4.06. The van der Waals surface area contributed by atoms with Crippen molar-refractivity contribution in [3.63, 3.8) is 0 Å². The highest BCUT2D eigenvalue weighted by molar-refractivity contribution is 9.11.